The summed E-state index contributed by atoms with van der Waals surface area (Å²) in [6, 6.07) is 0. The Morgan fingerprint density at radius 2 is 1.64 bits per heavy atom. The number of halogens is 1. The molecule has 0 amide bonds. The zero-order valence-electron chi connectivity index (χ0n) is 7.35. The van der Waals surface area contributed by atoms with Gasteiger partial charge in [0.2, 0.25) is 0 Å². The summed E-state index contributed by atoms with van der Waals surface area (Å²) >= 11 is 5.78. The zero-order chi connectivity index (χ0) is 8.53. The lowest BCUT2D eigenvalue weighted by Gasteiger charge is -2.01. The minimum atomic E-state index is 0.327. The molecule has 11 heavy (non-hydrogen) atoms. The van der Waals surface area contributed by atoms with Crippen LogP contribution in [0.4, 0.5) is 0 Å². The molecular weight excluding hydrogens is 160 g/mol. The molecular formula is C9H19ClO. The molecule has 0 heterocycles. The Morgan fingerprint density at radius 3 is 2.18 bits per heavy atom. The molecule has 0 unspecified atom stereocenters. The quantitative estimate of drug-likeness (QED) is 0.470. The summed E-state index contributed by atoms with van der Waals surface area (Å²) in [5.41, 5.74) is 0. The van der Waals surface area contributed by atoms with Gasteiger partial charge in [0.05, 0.1) is 0 Å². The van der Waals surface area contributed by atoms with E-state index < -0.39 is 0 Å². The average Bonchev–Trinajstić information content (AvgIpc) is 1.96. The van der Waals surface area contributed by atoms with Gasteiger partial charge in [-0.1, -0.05) is 25.7 Å². The lowest BCUT2D eigenvalue weighted by Crippen LogP contribution is -1.90. The molecule has 0 saturated heterocycles. The molecule has 68 valence electrons. The standard InChI is InChI=1S/C9H19ClO/c1-9(10)7-5-3-2-4-6-8-11/h9,11H,2-8H2,1H3/t9-/m1/s1. The molecule has 0 aromatic rings. The second-order valence-electron chi connectivity index (χ2n) is 3.06. The first-order valence-electron chi connectivity index (χ1n) is 4.52. The van der Waals surface area contributed by atoms with Gasteiger partial charge in [-0.05, 0) is 19.8 Å². The van der Waals surface area contributed by atoms with Crippen molar-refractivity contribution in [1.82, 2.24) is 0 Å². The van der Waals surface area contributed by atoms with Crippen molar-refractivity contribution in [2.24, 2.45) is 0 Å². The SMILES string of the molecule is C[C@@H](Cl)CCCCCCCO. The molecule has 0 bridgehead atoms. The minimum absolute atomic E-state index is 0.327. The van der Waals surface area contributed by atoms with Crippen LogP contribution in [0.15, 0.2) is 0 Å². The van der Waals surface area contributed by atoms with Crippen LogP contribution < -0.4 is 0 Å². The number of aliphatic hydroxyl groups is 1. The molecule has 1 nitrogen and oxygen atoms in total. The first-order chi connectivity index (χ1) is 5.27. The third-order valence-electron chi connectivity index (χ3n) is 1.76. The van der Waals surface area contributed by atoms with E-state index in [0.29, 0.717) is 12.0 Å². The Kier molecular flexibility index (Phi) is 8.54. The topological polar surface area (TPSA) is 20.2 Å². The number of aliphatic hydroxyl groups excluding tert-OH is 1. The van der Waals surface area contributed by atoms with Gasteiger partial charge in [0, 0.05) is 12.0 Å². The van der Waals surface area contributed by atoms with Crippen LogP contribution in [-0.4, -0.2) is 17.1 Å². The van der Waals surface area contributed by atoms with Crippen LogP contribution in [0.25, 0.3) is 0 Å². The summed E-state index contributed by atoms with van der Waals surface area (Å²) in [6.07, 6.45) is 6.97. The summed E-state index contributed by atoms with van der Waals surface area (Å²) in [5.74, 6) is 0. The number of unbranched alkanes of at least 4 members (excludes halogenated alkanes) is 4. The molecule has 1 N–H and O–H groups in total. The van der Waals surface area contributed by atoms with Gasteiger partial charge in [0.25, 0.3) is 0 Å². The highest BCUT2D eigenvalue weighted by atomic mass is 35.5. The van der Waals surface area contributed by atoms with Crippen LogP contribution in [0, 0.1) is 0 Å². The van der Waals surface area contributed by atoms with Crippen molar-refractivity contribution in [3.05, 3.63) is 0 Å². The van der Waals surface area contributed by atoms with Crippen molar-refractivity contribution in [2.75, 3.05) is 6.61 Å². The van der Waals surface area contributed by atoms with Crippen LogP contribution in [0.2, 0.25) is 0 Å². The van der Waals surface area contributed by atoms with E-state index in [2.05, 4.69) is 0 Å². The lowest BCUT2D eigenvalue weighted by atomic mass is 10.1. The molecule has 0 aromatic carbocycles. The highest BCUT2D eigenvalue weighted by Crippen LogP contribution is 2.09. The molecule has 0 radical (unpaired) electrons. The van der Waals surface area contributed by atoms with Crippen molar-refractivity contribution in [3.63, 3.8) is 0 Å². The molecule has 2 heteroatoms. The monoisotopic (exact) mass is 178 g/mol. The summed E-state index contributed by atoms with van der Waals surface area (Å²) < 4.78 is 0. The first kappa shape index (κ1) is 11.2. The smallest absolute Gasteiger partial charge is 0.0431 e. The summed E-state index contributed by atoms with van der Waals surface area (Å²) in [4.78, 5) is 0. The fourth-order valence-corrected chi connectivity index (χ4v) is 1.22. The maximum absolute atomic E-state index is 8.49. The Hall–Kier alpha value is 0.250. The van der Waals surface area contributed by atoms with E-state index >= 15 is 0 Å². The van der Waals surface area contributed by atoms with Crippen molar-refractivity contribution < 1.29 is 5.11 Å². The normalized spacial score (nSPS) is 13.4. The van der Waals surface area contributed by atoms with Gasteiger partial charge in [-0.15, -0.1) is 11.6 Å². The van der Waals surface area contributed by atoms with E-state index in [1.165, 1.54) is 19.3 Å². The van der Waals surface area contributed by atoms with Gasteiger partial charge < -0.3 is 5.11 Å². The first-order valence-corrected chi connectivity index (χ1v) is 4.96. The van der Waals surface area contributed by atoms with Crippen LogP contribution in [0.3, 0.4) is 0 Å². The van der Waals surface area contributed by atoms with Crippen molar-refractivity contribution >= 4 is 11.6 Å². The Morgan fingerprint density at radius 1 is 1.09 bits per heavy atom. The third kappa shape index (κ3) is 10.2. The number of alkyl halides is 1. The van der Waals surface area contributed by atoms with Gasteiger partial charge in [-0.3, -0.25) is 0 Å². The van der Waals surface area contributed by atoms with E-state index in [-0.39, 0.29) is 0 Å². The number of hydrogen-bond donors (Lipinski definition) is 1. The molecule has 1 atom stereocenters. The highest BCUT2D eigenvalue weighted by Gasteiger charge is 1.95. The average molecular weight is 179 g/mol. The van der Waals surface area contributed by atoms with Crippen molar-refractivity contribution in [1.29, 1.82) is 0 Å². The largest absolute Gasteiger partial charge is 0.396 e. The van der Waals surface area contributed by atoms with Gasteiger partial charge in [0.15, 0.2) is 0 Å². The zero-order valence-corrected chi connectivity index (χ0v) is 8.11. The van der Waals surface area contributed by atoms with Gasteiger partial charge in [0.1, 0.15) is 0 Å². The third-order valence-corrected chi connectivity index (χ3v) is 1.98. The number of rotatable bonds is 7. The van der Waals surface area contributed by atoms with E-state index in [4.69, 9.17) is 16.7 Å². The Labute approximate surface area is 74.8 Å². The molecule has 0 fully saturated rings. The van der Waals surface area contributed by atoms with Crippen LogP contribution in [0.1, 0.15) is 45.4 Å². The summed E-state index contributed by atoms with van der Waals surface area (Å²) in [7, 11) is 0. The minimum Gasteiger partial charge on any atom is -0.396 e. The maximum atomic E-state index is 8.49. The van der Waals surface area contributed by atoms with Gasteiger partial charge in [-0.25, -0.2) is 0 Å². The molecule has 0 aromatic heterocycles. The maximum Gasteiger partial charge on any atom is 0.0431 e. The Bertz CT molecular complexity index is 74.0. The van der Waals surface area contributed by atoms with Crippen molar-refractivity contribution in [3.8, 4) is 0 Å². The van der Waals surface area contributed by atoms with E-state index in [1.807, 2.05) is 6.92 Å². The molecule has 0 aliphatic rings. The van der Waals surface area contributed by atoms with Gasteiger partial charge in [-0.2, -0.15) is 0 Å². The molecule has 0 saturated carbocycles. The summed E-state index contributed by atoms with van der Waals surface area (Å²) in [6.45, 7) is 2.38. The second-order valence-corrected chi connectivity index (χ2v) is 3.81. The van der Waals surface area contributed by atoms with Crippen LogP contribution in [-0.2, 0) is 0 Å². The van der Waals surface area contributed by atoms with E-state index in [9.17, 15) is 0 Å². The fourth-order valence-electron chi connectivity index (χ4n) is 1.07. The highest BCUT2D eigenvalue weighted by molar-refractivity contribution is 6.20. The molecule has 0 rings (SSSR count). The van der Waals surface area contributed by atoms with E-state index in [1.54, 1.807) is 0 Å². The fraction of sp³-hybridized carbons (Fsp3) is 1.00. The predicted octanol–water partition coefficient (Wildman–Crippen LogP) is 2.95. The lowest BCUT2D eigenvalue weighted by molar-refractivity contribution is 0.282. The molecule has 0 aliphatic carbocycles. The van der Waals surface area contributed by atoms with E-state index in [0.717, 1.165) is 19.3 Å². The number of hydrogen-bond acceptors (Lipinski definition) is 1. The van der Waals surface area contributed by atoms with Crippen LogP contribution >= 0.6 is 11.6 Å². The molecule has 0 aliphatic heterocycles. The Balaban J connectivity index is 2.80. The van der Waals surface area contributed by atoms with Crippen LogP contribution in [0.5, 0.6) is 0 Å². The summed E-state index contributed by atoms with van der Waals surface area (Å²) in [5, 5.41) is 8.82. The molecule has 0 spiro atoms. The second kappa shape index (κ2) is 8.35. The predicted molar refractivity (Wildman–Crippen MR) is 50.1 cm³/mol. The van der Waals surface area contributed by atoms with Crippen molar-refractivity contribution in [2.45, 2.75) is 50.8 Å². The van der Waals surface area contributed by atoms with Gasteiger partial charge >= 0.3 is 0 Å².